The Balaban J connectivity index is 2.18. The monoisotopic (exact) mass is 256 g/mol. The SMILES string of the molecule is CCn1nccc1C1(O)CCC(C)c2ccccc21. The lowest BCUT2D eigenvalue weighted by molar-refractivity contribution is 0.0488. The van der Waals surface area contributed by atoms with Crippen molar-refractivity contribution in [2.45, 2.75) is 44.8 Å². The van der Waals surface area contributed by atoms with Crippen molar-refractivity contribution < 1.29 is 5.11 Å². The Morgan fingerprint density at radius 2 is 2.16 bits per heavy atom. The molecule has 1 aromatic carbocycles. The van der Waals surface area contributed by atoms with Crippen LogP contribution in [0.2, 0.25) is 0 Å². The summed E-state index contributed by atoms with van der Waals surface area (Å²) in [6.07, 6.45) is 3.54. The fraction of sp³-hybridized carbons (Fsp3) is 0.438. The zero-order chi connectivity index (χ0) is 13.5. The van der Waals surface area contributed by atoms with Crippen LogP contribution in [-0.4, -0.2) is 14.9 Å². The molecule has 2 unspecified atom stereocenters. The van der Waals surface area contributed by atoms with Gasteiger partial charge in [0, 0.05) is 12.7 Å². The number of aryl methyl sites for hydroxylation is 1. The van der Waals surface area contributed by atoms with Crippen LogP contribution in [0, 0.1) is 0 Å². The van der Waals surface area contributed by atoms with E-state index in [-0.39, 0.29) is 0 Å². The second-order valence-corrected chi connectivity index (χ2v) is 5.42. The van der Waals surface area contributed by atoms with Crippen molar-refractivity contribution in [1.82, 2.24) is 9.78 Å². The summed E-state index contributed by atoms with van der Waals surface area (Å²) in [5.41, 5.74) is 2.33. The average Bonchev–Trinajstić information content (AvgIpc) is 2.92. The molecule has 3 rings (SSSR count). The number of aliphatic hydroxyl groups is 1. The van der Waals surface area contributed by atoms with E-state index in [1.165, 1.54) is 5.56 Å². The molecule has 1 N–H and O–H groups in total. The van der Waals surface area contributed by atoms with E-state index in [0.29, 0.717) is 5.92 Å². The Morgan fingerprint density at radius 1 is 1.37 bits per heavy atom. The van der Waals surface area contributed by atoms with Gasteiger partial charge in [0.05, 0.1) is 5.69 Å². The number of hydrogen-bond acceptors (Lipinski definition) is 2. The minimum atomic E-state index is -0.893. The molecule has 1 heterocycles. The minimum Gasteiger partial charge on any atom is -0.379 e. The second kappa shape index (κ2) is 4.49. The van der Waals surface area contributed by atoms with Crippen molar-refractivity contribution in [2.75, 3.05) is 0 Å². The molecular weight excluding hydrogens is 236 g/mol. The third-order valence-electron chi connectivity index (χ3n) is 4.32. The average molecular weight is 256 g/mol. The van der Waals surface area contributed by atoms with Gasteiger partial charge >= 0.3 is 0 Å². The number of aromatic nitrogens is 2. The third kappa shape index (κ3) is 1.80. The van der Waals surface area contributed by atoms with Crippen LogP contribution in [0.4, 0.5) is 0 Å². The van der Waals surface area contributed by atoms with Crippen LogP contribution < -0.4 is 0 Å². The maximum atomic E-state index is 11.3. The van der Waals surface area contributed by atoms with Crippen molar-refractivity contribution >= 4 is 0 Å². The van der Waals surface area contributed by atoms with E-state index in [9.17, 15) is 5.11 Å². The summed E-state index contributed by atoms with van der Waals surface area (Å²) < 4.78 is 1.90. The standard InChI is InChI=1S/C16H20N2O/c1-3-18-15(9-11-17-18)16(19)10-8-12(2)13-6-4-5-7-14(13)16/h4-7,9,11-12,19H,3,8,10H2,1-2H3. The van der Waals surface area contributed by atoms with E-state index in [2.05, 4.69) is 37.1 Å². The van der Waals surface area contributed by atoms with Gasteiger partial charge in [-0.3, -0.25) is 4.68 Å². The van der Waals surface area contributed by atoms with Crippen LogP contribution in [0.3, 0.4) is 0 Å². The van der Waals surface area contributed by atoms with Crippen molar-refractivity contribution in [2.24, 2.45) is 0 Å². The van der Waals surface area contributed by atoms with Crippen molar-refractivity contribution in [3.8, 4) is 0 Å². The quantitative estimate of drug-likeness (QED) is 0.897. The molecule has 0 saturated heterocycles. The third-order valence-corrected chi connectivity index (χ3v) is 4.32. The highest BCUT2D eigenvalue weighted by atomic mass is 16.3. The lowest BCUT2D eigenvalue weighted by Gasteiger charge is -2.37. The summed E-state index contributed by atoms with van der Waals surface area (Å²) >= 11 is 0. The van der Waals surface area contributed by atoms with E-state index in [1.54, 1.807) is 6.20 Å². The van der Waals surface area contributed by atoms with E-state index in [0.717, 1.165) is 30.6 Å². The Hall–Kier alpha value is -1.61. The molecule has 0 radical (unpaired) electrons. The topological polar surface area (TPSA) is 38.0 Å². The molecule has 0 spiro atoms. The molecule has 0 fully saturated rings. The Kier molecular flexibility index (Phi) is 2.94. The zero-order valence-electron chi connectivity index (χ0n) is 11.5. The number of hydrogen-bond donors (Lipinski definition) is 1. The number of nitrogens with zero attached hydrogens (tertiary/aromatic N) is 2. The smallest absolute Gasteiger partial charge is 0.131 e. The maximum Gasteiger partial charge on any atom is 0.131 e. The predicted molar refractivity (Wildman–Crippen MR) is 75.0 cm³/mol. The second-order valence-electron chi connectivity index (χ2n) is 5.42. The molecule has 2 atom stereocenters. The van der Waals surface area contributed by atoms with E-state index < -0.39 is 5.60 Å². The van der Waals surface area contributed by atoms with Gasteiger partial charge in [-0.2, -0.15) is 5.10 Å². The Bertz CT molecular complexity index is 590. The first-order valence-corrected chi connectivity index (χ1v) is 7.01. The van der Waals surface area contributed by atoms with Crippen LogP contribution in [0.15, 0.2) is 36.5 Å². The molecule has 100 valence electrons. The molecule has 0 saturated carbocycles. The van der Waals surface area contributed by atoms with Crippen molar-refractivity contribution in [3.63, 3.8) is 0 Å². The van der Waals surface area contributed by atoms with Crippen LogP contribution in [0.1, 0.15) is 49.4 Å². The molecule has 19 heavy (non-hydrogen) atoms. The fourth-order valence-electron chi connectivity index (χ4n) is 3.22. The van der Waals surface area contributed by atoms with Gasteiger partial charge in [-0.25, -0.2) is 0 Å². The van der Waals surface area contributed by atoms with Gasteiger partial charge in [0.15, 0.2) is 0 Å². The summed E-state index contributed by atoms with van der Waals surface area (Å²) in [7, 11) is 0. The lowest BCUT2D eigenvalue weighted by Crippen LogP contribution is -2.35. The predicted octanol–water partition coefficient (Wildman–Crippen LogP) is 3.04. The molecule has 2 aromatic rings. The van der Waals surface area contributed by atoms with Crippen LogP contribution >= 0.6 is 0 Å². The number of fused-ring (bicyclic) bond motifs is 1. The van der Waals surface area contributed by atoms with Gasteiger partial charge in [-0.1, -0.05) is 31.2 Å². The zero-order valence-corrected chi connectivity index (χ0v) is 11.5. The first-order chi connectivity index (χ1) is 9.16. The van der Waals surface area contributed by atoms with Gasteiger partial charge < -0.3 is 5.11 Å². The van der Waals surface area contributed by atoms with E-state index >= 15 is 0 Å². The van der Waals surface area contributed by atoms with Crippen LogP contribution in [0.5, 0.6) is 0 Å². The molecule has 0 aliphatic heterocycles. The molecule has 1 aliphatic rings. The molecular formula is C16H20N2O. The molecule has 3 heteroatoms. The summed E-state index contributed by atoms with van der Waals surface area (Å²) in [5.74, 6) is 0.509. The minimum absolute atomic E-state index is 0.509. The van der Waals surface area contributed by atoms with Crippen molar-refractivity contribution in [1.29, 1.82) is 0 Å². The molecule has 0 amide bonds. The van der Waals surface area contributed by atoms with Crippen LogP contribution in [-0.2, 0) is 12.1 Å². The molecule has 1 aliphatic carbocycles. The number of benzene rings is 1. The van der Waals surface area contributed by atoms with E-state index in [1.807, 2.05) is 16.8 Å². The van der Waals surface area contributed by atoms with Crippen LogP contribution in [0.25, 0.3) is 0 Å². The summed E-state index contributed by atoms with van der Waals surface area (Å²) in [5, 5.41) is 15.6. The lowest BCUT2D eigenvalue weighted by atomic mass is 9.73. The first-order valence-electron chi connectivity index (χ1n) is 7.01. The van der Waals surface area contributed by atoms with Gasteiger partial charge in [0.2, 0.25) is 0 Å². The number of rotatable bonds is 2. The highest BCUT2D eigenvalue weighted by Crippen LogP contribution is 2.44. The van der Waals surface area contributed by atoms with Gasteiger partial charge in [0.1, 0.15) is 5.60 Å². The van der Waals surface area contributed by atoms with Gasteiger partial charge in [-0.05, 0) is 42.9 Å². The highest BCUT2D eigenvalue weighted by Gasteiger charge is 2.40. The fourth-order valence-corrected chi connectivity index (χ4v) is 3.22. The van der Waals surface area contributed by atoms with E-state index in [4.69, 9.17) is 0 Å². The maximum absolute atomic E-state index is 11.3. The normalized spacial score (nSPS) is 26.2. The molecule has 1 aromatic heterocycles. The largest absolute Gasteiger partial charge is 0.379 e. The highest BCUT2D eigenvalue weighted by molar-refractivity contribution is 5.42. The summed E-state index contributed by atoms with van der Waals surface area (Å²) in [6, 6.07) is 10.2. The Morgan fingerprint density at radius 3 is 2.95 bits per heavy atom. The molecule has 0 bridgehead atoms. The summed E-state index contributed by atoms with van der Waals surface area (Å²) in [4.78, 5) is 0. The first kappa shape index (κ1) is 12.4. The van der Waals surface area contributed by atoms with Crippen molar-refractivity contribution in [3.05, 3.63) is 53.3 Å². The Labute approximate surface area is 113 Å². The van der Waals surface area contributed by atoms with Gasteiger partial charge in [-0.15, -0.1) is 0 Å². The summed E-state index contributed by atoms with van der Waals surface area (Å²) in [6.45, 7) is 5.06. The van der Waals surface area contributed by atoms with Gasteiger partial charge in [0.25, 0.3) is 0 Å². The molecule has 3 nitrogen and oxygen atoms in total.